The van der Waals surface area contributed by atoms with Crippen molar-refractivity contribution < 1.29 is 14.4 Å². The molecule has 1 aromatic heterocycles. The molecule has 0 spiro atoms. The van der Waals surface area contributed by atoms with Crippen molar-refractivity contribution in [3.05, 3.63) is 53.9 Å². The molecular formula is C12H12N2O3. The van der Waals surface area contributed by atoms with Gasteiger partial charge >= 0.3 is 0 Å². The van der Waals surface area contributed by atoms with Gasteiger partial charge in [0.05, 0.1) is 18.8 Å². The van der Waals surface area contributed by atoms with E-state index >= 15 is 0 Å². The zero-order valence-electron chi connectivity index (χ0n) is 9.04. The molecule has 1 unspecified atom stereocenters. The number of benzene rings is 1. The van der Waals surface area contributed by atoms with Crippen LogP contribution in [0, 0.1) is 0 Å². The Balaban J connectivity index is 2.09. The third-order valence-electron chi connectivity index (χ3n) is 2.35. The Hall–Kier alpha value is -2.14. The second kappa shape index (κ2) is 5.27. The summed E-state index contributed by atoms with van der Waals surface area (Å²) in [6, 6.07) is 10.2. The zero-order chi connectivity index (χ0) is 12.1. The Kier molecular flexibility index (Phi) is 3.52. The number of amides is 1. The highest BCUT2D eigenvalue weighted by Gasteiger charge is 2.16. The first-order valence-corrected chi connectivity index (χ1v) is 5.18. The lowest BCUT2D eigenvalue weighted by Gasteiger charge is -2.15. The standard InChI is InChI=1S/C12H12N2O3/c15-8-10(9-4-2-1-3-5-9)14-12(16)11-6-7-13-17-11/h1-7,10,15H,8H2,(H,14,16). The summed E-state index contributed by atoms with van der Waals surface area (Å²) in [6.45, 7) is -0.177. The number of aliphatic hydroxyl groups is 1. The van der Waals surface area contributed by atoms with E-state index in [0.717, 1.165) is 5.56 Å². The third kappa shape index (κ3) is 2.70. The topological polar surface area (TPSA) is 75.4 Å². The molecule has 0 aliphatic carbocycles. The van der Waals surface area contributed by atoms with Crippen molar-refractivity contribution in [2.45, 2.75) is 6.04 Å². The molecule has 0 saturated heterocycles. The van der Waals surface area contributed by atoms with Crippen LogP contribution in [0.1, 0.15) is 22.2 Å². The van der Waals surface area contributed by atoms with E-state index in [1.807, 2.05) is 30.3 Å². The van der Waals surface area contributed by atoms with Crippen molar-refractivity contribution in [1.82, 2.24) is 10.5 Å². The molecule has 0 saturated carbocycles. The number of nitrogens with one attached hydrogen (secondary N) is 1. The summed E-state index contributed by atoms with van der Waals surface area (Å²) in [6.07, 6.45) is 1.39. The summed E-state index contributed by atoms with van der Waals surface area (Å²) in [5.74, 6) is -0.273. The van der Waals surface area contributed by atoms with Gasteiger partial charge in [0.1, 0.15) is 0 Å². The lowest BCUT2D eigenvalue weighted by atomic mass is 10.1. The van der Waals surface area contributed by atoms with E-state index in [9.17, 15) is 9.90 Å². The molecule has 88 valence electrons. The summed E-state index contributed by atoms with van der Waals surface area (Å²) in [5, 5.41) is 15.4. The SMILES string of the molecule is O=C(NC(CO)c1ccccc1)c1ccno1. The Morgan fingerprint density at radius 2 is 2.12 bits per heavy atom. The lowest BCUT2D eigenvalue weighted by molar-refractivity contribution is 0.0879. The quantitative estimate of drug-likeness (QED) is 0.828. The summed E-state index contributed by atoms with van der Waals surface area (Å²) < 4.78 is 4.73. The molecule has 1 heterocycles. The highest BCUT2D eigenvalue weighted by atomic mass is 16.5. The molecule has 17 heavy (non-hydrogen) atoms. The second-order valence-electron chi connectivity index (χ2n) is 3.50. The molecule has 5 nitrogen and oxygen atoms in total. The van der Waals surface area contributed by atoms with Crippen LogP contribution in [0.5, 0.6) is 0 Å². The van der Waals surface area contributed by atoms with Gasteiger partial charge in [0.15, 0.2) is 0 Å². The molecule has 2 aromatic rings. The van der Waals surface area contributed by atoms with Gasteiger partial charge in [0.25, 0.3) is 5.91 Å². The van der Waals surface area contributed by atoms with E-state index in [4.69, 9.17) is 4.52 Å². The minimum absolute atomic E-state index is 0.124. The van der Waals surface area contributed by atoms with E-state index in [2.05, 4.69) is 10.5 Å². The number of aromatic nitrogens is 1. The van der Waals surface area contributed by atoms with E-state index in [0.29, 0.717) is 0 Å². The lowest BCUT2D eigenvalue weighted by Crippen LogP contribution is -2.30. The summed E-state index contributed by atoms with van der Waals surface area (Å²) in [7, 11) is 0. The summed E-state index contributed by atoms with van der Waals surface area (Å²) >= 11 is 0. The van der Waals surface area contributed by atoms with Crippen molar-refractivity contribution in [2.75, 3.05) is 6.61 Å². The van der Waals surface area contributed by atoms with Gasteiger partial charge in [-0.25, -0.2) is 0 Å². The third-order valence-corrected chi connectivity index (χ3v) is 2.35. The maximum Gasteiger partial charge on any atom is 0.290 e. The van der Waals surface area contributed by atoms with Crippen LogP contribution >= 0.6 is 0 Å². The molecule has 0 fully saturated rings. The number of rotatable bonds is 4. The Bertz CT molecular complexity index is 468. The van der Waals surface area contributed by atoms with Gasteiger partial charge in [0, 0.05) is 6.07 Å². The van der Waals surface area contributed by atoms with Crippen LogP contribution in [0.3, 0.4) is 0 Å². The number of hydrogen-bond donors (Lipinski definition) is 2. The second-order valence-corrected chi connectivity index (χ2v) is 3.50. The first kappa shape index (κ1) is 11.3. The van der Waals surface area contributed by atoms with E-state index < -0.39 is 11.9 Å². The van der Waals surface area contributed by atoms with Crippen molar-refractivity contribution in [1.29, 1.82) is 0 Å². The average Bonchev–Trinajstić information content (AvgIpc) is 2.90. The Morgan fingerprint density at radius 1 is 1.35 bits per heavy atom. The predicted octanol–water partition coefficient (Wildman–Crippen LogP) is 1.14. The molecule has 0 bridgehead atoms. The van der Waals surface area contributed by atoms with Gasteiger partial charge in [-0.1, -0.05) is 35.5 Å². The fourth-order valence-electron chi connectivity index (χ4n) is 1.48. The monoisotopic (exact) mass is 232 g/mol. The molecular weight excluding hydrogens is 220 g/mol. The Labute approximate surface area is 98.1 Å². The van der Waals surface area contributed by atoms with E-state index in [1.54, 1.807) is 0 Å². The van der Waals surface area contributed by atoms with Crippen molar-refractivity contribution in [3.8, 4) is 0 Å². The summed E-state index contributed by atoms with van der Waals surface area (Å²) in [5.41, 5.74) is 0.836. The van der Waals surface area contributed by atoms with E-state index in [1.165, 1.54) is 12.3 Å². The van der Waals surface area contributed by atoms with Crippen molar-refractivity contribution in [2.24, 2.45) is 0 Å². The minimum atomic E-state index is -0.450. The minimum Gasteiger partial charge on any atom is -0.394 e. The van der Waals surface area contributed by atoms with Crippen LogP contribution in [-0.4, -0.2) is 22.8 Å². The number of hydrogen-bond acceptors (Lipinski definition) is 4. The molecule has 0 radical (unpaired) electrons. The fourth-order valence-corrected chi connectivity index (χ4v) is 1.48. The summed E-state index contributed by atoms with van der Waals surface area (Å²) in [4.78, 5) is 11.7. The number of aliphatic hydroxyl groups excluding tert-OH is 1. The van der Waals surface area contributed by atoms with Gasteiger partial charge in [-0.15, -0.1) is 0 Å². The van der Waals surface area contributed by atoms with Crippen molar-refractivity contribution >= 4 is 5.91 Å². The van der Waals surface area contributed by atoms with Gasteiger partial charge in [-0.2, -0.15) is 0 Å². The molecule has 1 aromatic carbocycles. The smallest absolute Gasteiger partial charge is 0.290 e. The van der Waals surface area contributed by atoms with Crippen LogP contribution in [0.15, 0.2) is 47.1 Å². The molecule has 1 amide bonds. The van der Waals surface area contributed by atoms with Crippen LogP contribution in [0.25, 0.3) is 0 Å². The maximum atomic E-state index is 11.7. The van der Waals surface area contributed by atoms with Crippen LogP contribution < -0.4 is 5.32 Å². The van der Waals surface area contributed by atoms with Gasteiger partial charge in [-0.3, -0.25) is 4.79 Å². The number of carbonyl (C=O) groups excluding carboxylic acids is 1. The molecule has 0 aliphatic heterocycles. The Morgan fingerprint density at radius 3 is 2.71 bits per heavy atom. The maximum absolute atomic E-state index is 11.7. The molecule has 5 heteroatoms. The van der Waals surface area contributed by atoms with Crippen LogP contribution in [0.2, 0.25) is 0 Å². The predicted molar refractivity (Wildman–Crippen MR) is 60.2 cm³/mol. The first-order valence-electron chi connectivity index (χ1n) is 5.18. The largest absolute Gasteiger partial charge is 0.394 e. The molecule has 2 rings (SSSR count). The average molecular weight is 232 g/mol. The van der Waals surface area contributed by atoms with E-state index in [-0.39, 0.29) is 12.4 Å². The van der Waals surface area contributed by atoms with Gasteiger partial charge in [-0.05, 0) is 5.56 Å². The molecule has 0 aliphatic rings. The zero-order valence-corrected chi connectivity index (χ0v) is 9.04. The van der Waals surface area contributed by atoms with Crippen LogP contribution in [0.4, 0.5) is 0 Å². The highest BCUT2D eigenvalue weighted by molar-refractivity contribution is 5.91. The number of nitrogens with zero attached hydrogens (tertiary/aromatic N) is 1. The van der Waals surface area contributed by atoms with Crippen LogP contribution in [-0.2, 0) is 0 Å². The molecule has 1 atom stereocenters. The highest BCUT2D eigenvalue weighted by Crippen LogP contribution is 2.12. The number of carbonyl (C=O) groups is 1. The molecule has 2 N–H and O–H groups in total. The van der Waals surface area contributed by atoms with Gasteiger partial charge < -0.3 is 14.9 Å². The van der Waals surface area contributed by atoms with Crippen molar-refractivity contribution in [3.63, 3.8) is 0 Å². The fraction of sp³-hybridized carbons (Fsp3) is 0.167. The first-order chi connectivity index (χ1) is 8.31. The van der Waals surface area contributed by atoms with Gasteiger partial charge in [0.2, 0.25) is 5.76 Å². The normalized spacial score (nSPS) is 12.1.